The molecule has 5 rings (SSSR count). The molecular formula is C26H32FN3O. The lowest BCUT2D eigenvalue weighted by molar-refractivity contribution is -0.139. The standard InChI is InChI=1S/C26H32FN3O/c1-28-25(31)9-6-14-26(28)19-29(18-23(26)20-10-12-22(27)13-11-20)17-21-7-2-3-8-24(21)30-15-4-5-16-30/h2-3,7-8,10-13,23H,4-6,9,14-19H2,1H3/t23-,26+/m0/s1. The van der Waals surface area contributed by atoms with E-state index in [1.807, 2.05) is 24.1 Å². The van der Waals surface area contributed by atoms with Crippen LogP contribution in [0.5, 0.6) is 0 Å². The molecule has 5 heteroatoms. The van der Waals surface area contributed by atoms with Crippen molar-refractivity contribution >= 4 is 11.6 Å². The zero-order chi connectivity index (χ0) is 21.4. The van der Waals surface area contributed by atoms with Gasteiger partial charge in [-0.3, -0.25) is 9.69 Å². The highest BCUT2D eigenvalue weighted by Crippen LogP contribution is 2.46. The summed E-state index contributed by atoms with van der Waals surface area (Å²) in [5, 5.41) is 0. The maximum Gasteiger partial charge on any atom is 0.222 e. The minimum Gasteiger partial charge on any atom is -0.371 e. The number of piperidine rings is 1. The summed E-state index contributed by atoms with van der Waals surface area (Å²) in [4.78, 5) is 19.8. The molecule has 0 N–H and O–H groups in total. The molecule has 1 amide bonds. The molecule has 0 aliphatic carbocycles. The van der Waals surface area contributed by atoms with Crippen LogP contribution in [-0.4, -0.2) is 54.5 Å². The second-order valence-electron chi connectivity index (χ2n) is 9.51. The normalized spacial score (nSPS) is 26.9. The van der Waals surface area contributed by atoms with Crippen LogP contribution < -0.4 is 4.90 Å². The molecular weight excluding hydrogens is 389 g/mol. The van der Waals surface area contributed by atoms with Crippen LogP contribution in [0.4, 0.5) is 10.1 Å². The van der Waals surface area contributed by atoms with Gasteiger partial charge < -0.3 is 9.80 Å². The average Bonchev–Trinajstić information content (AvgIpc) is 3.42. The molecule has 3 aliphatic heterocycles. The van der Waals surface area contributed by atoms with Gasteiger partial charge in [-0.15, -0.1) is 0 Å². The molecule has 0 unspecified atom stereocenters. The molecule has 2 aromatic carbocycles. The third kappa shape index (κ3) is 3.73. The summed E-state index contributed by atoms with van der Waals surface area (Å²) in [6.45, 7) is 4.91. The van der Waals surface area contributed by atoms with Gasteiger partial charge in [0.15, 0.2) is 0 Å². The molecule has 2 atom stereocenters. The zero-order valence-corrected chi connectivity index (χ0v) is 18.4. The van der Waals surface area contributed by atoms with Crippen molar-refractivity contribution in [1.82, 2.24) is 9.80 Å². The van der Waals surface area contributed by atoms with E-state index in [2.05, 4.69) is 34.1 Å². The molecule has 0 aromatic heterocycles. The molecule has 0 radical (unpaired) electrons. The van der Waals surface area contributed by atoms with E-state index < -0.39 is 0 Å². The number of para-hydroxylation sites is 1. The maximum atomic E-state index is 13.6. The Morgan fingerprint density at radius 1 is 1.03 bits per heavy atom. The number of nitrogens with zero attached hydrogens (tertiary/aromatic N) is 3. The van der Waals surface area contributed by atoms with E-state index in [0.29, 0.717) is 6.42 Å². The van der Waals surface area contributed by atoms with Crippen LogP contribution in [0, 0.1) is 5.82 Å². The summed E-state index contributed by atoms with van der Waals surface area (Å²) in [7, 11) is 1.97. The number of benzene rings is 2. The zero-order valence-electron chi connectivity index (χ0n) is 18.4. The van der Waals surface area contributed by atoms with Crippen molar-refractivity contribution in [2.24, 2.45) is 0 Å². The van der Waals surface area contributed by atoms with Crippen LogP contribution in [0.2, 0.25) is 0 Å². The SMILES string of the molecule is CN1C(=O)CCC[C@]12CN(Cc1ccccc1N1CCCC1)C[C@H]2c1ccc(F)cc1. The summed E-state index contributed by atoms with van der Waals surface area (Å²) < 4.78 is 13.6. The number of likely N-dealkylation sites (tertiary alicyclic amines) is 2. The van der Waals surface area contributed by atoms with E-state index in [1.165, 1.54) is 24.1 Å². The van der Waals surface area contributed by atoms with Gasteiger partial charge in [-0.05, 0) is 55.0 Å². The Kier molecular flexibility index (Phi) is 5.47. The van der Waals surface area contributed by atoms with E-state index in [1.54, 1.807) is 12.1 Å². The van der Waals surface area contributed by atoms with Gasteiger partial charge in [0.25, 0.3) is 0 Å². The van der Waals surface area contributed by atoms with E-state index in [9.17, 15) is 9.18 Å². The van der Waals surface area contributed by atoms with Crippen molar-refractivity contribution < 1.29 is 9.18 Å². The minimum absolute atomic E-state index is 0.196. The van der Waals surface area contributed by atoms with Crippen molar-refractivity contribution in [2.45, 2.75) is 50.1 Å². The summed E-state index contributed by atoms with van der Waals surface area (Å²) in [5.74, 6) is 0.222. The van der Waals surface area contributed by atoms with Crippen LogP contribution in [0.3, 0.4) is 0 Å². The van der Waals surface area contributed by atoms with Gasteiger partial charge in [0.05, 0.1) is 5.54 Å². The fraction of sp³-hybridized carbons (Fsp3) is 0.500. The molecule has 2 aromatic rings. The van der Waals surface area contributed by atoms with Gasteiger partial charge in [0.2, 0.25) is 5.91 Å². The Labute approximate surface area is 184 Å². The number of hydrogen-bond donors (Lipinski definition) is 0. The summed E-state index contributed by atoms with van der Waals surface area (Å²) in [6.07, 6.45) is 5.09. The van der Waals surface area contributed by atoms with Crippen molar-refractivity contribution in [2.75, 3.05) is 38.1 Å². The van der Waals surface area contributed by atoms with Gasteiger partial charge in [-0.1, -0.05) is 30.3 Å². The van der Waals surface area contributed by atoms with Crippen LogP contribution in [0.25, 0.3) is 0 Å². The maximum absolute atomic E-state index is 13.6. The number of carbonyl (C=O) groups is 1. The second-order valence-corrected chi connectivity index (χ2v) is 9.51. The Morgan fingerprint density at radius 2 is 1.77 bits per heavy atom. The topological polar surface area (TPSA) is 26.8 Å². The fourth-order valence-corrected chi connectivity index (χ4v) is 6.10. The van der Waals surface area contributed by atoms with Crippen LogP contribution in [0.15, 0.2) is 48.5 Å². The Hall–Kier alpha value is -2.40. The number of rotatable bonds is 4. The van der Waals surface area contributed by atoms with E-state index >= 15 is 0 Å². The molecule has 164 valence electrons. The number of halogens is 1. The molecule has 1 spiro atoms. The number of likely N-dealkylation sites (N-methyl/N-ethyl adjacent to an activating group) is 1. The second kappa shape index (κ2) is 8.27. The van der Waals surface area contributed by atoms with Crippen molar-refractivity contribution in [3.8, 4) is 0 Å². The van der Waals surface area contributed by atoms with Crippen molar-refractivity contribution in [1.29, 1.82) is 0 Å². The molecule has 3 saturated heterocycles. The number of hydrogen-bond acceptors (Lipinski definition) is 3. The fourth-order valence-electron chi connectivity index (χ4n) is 6.10. The molecule has 3 fully saturated rings. The lowest BCUT2D eigenvalue weighted by Gasteiger charge is -2.46. The summed E-state index contributed by atoms with van der Waals surface area (Å²) in [5.41, 5.74) is 3.64. The molecule has 0 saturated carbocycles. The number of anilines is 1. The lowest BCUT2D eigenvalue weighted by atomic mass is 9.75. The summed E-state index contributed by atoms with van der Waals surface area (Å²) in [6, 6.07) is 15.7. The molecule has 31 heavy (non-hydrogen) atoms. The van der Waals surface area contributed by atoms with Gasteiger partial charge in [0.1, 0.15) is 5.82 Å². The quantitative estimate of drug-likeness (QED) is 0.732. The highest BCUT2D eigenvalue weighted by molar-refractivity contribution is 5.78. The van der Waals surface area contributed by atoms with Crippen molar-refractivity contribution in [3.63, 3.8) is 0 Å². The molecule has 3 heterocycles. The van der Waals surface area contributed by atoms with Crippen LogP contribution in [-0.2, 0) is 11.3 Å². The summed E-state index contributed by atoms with van der Waals surface area (Å²) >= 11 is 0. The minimum atomic E-state index is -0.213. The third-order valence-corrected chi connectivity index (χ3v) is 7.73. The lowest BCUT2D eigenvalue weighted by Crippen LogP contribution is -2.56. The van der Waals surface area contributed by atoms with E-state index in [4.69, 9.17) is 0 Å². The van der Waals surface area contributed by atoms with Crippen LogP contribution >= 0.6 is 0 Å². The average molecular weight is 422 g/mol. The first-order valence-corrected chi connectivity index (χ1v) is 11.6. The first-order valence-electron chi connectivity index (χ1n) is 11.6. The van der Waals surface area contributed by atoms with Gasteiger partial charge >= 0.3 is 0 Å². The van der Waals surface area contributed by atoms with Crippen molar-refractivity contribution in [3.05, 3.63) is 65.5 Å². The largest absolute Gasteiger partial charge is 0.371 e. The molecule has 4 nitrogen and oxygen atoms in total. The van der Waals surface area contributed by atoms with Gasteiger partial charge in [-0.2, -0.15) is 0 Å². The number of carbonyl (C=O) groups excluding carboxylic acids is 1. The Morgan fingerprint density at radius 3 is 2.55 bits per heavy atom. The molecule has 0 bridgehead atoms. The molecule has 3 aliphatic rings. The number of amides is 1. The predicted molar refractivity (Wildman–Crippen MR) is 122 cm³/mol. The highest BCUT2D eigenvalue weighted by Gasteiger charge is 2.52. The smallest absolute Gasteiger partial charge is 0.222 e. The van der Waals surface area contributed by atoms with Gasteiger partial charge in [0, 0.05) is 57.8 Å². The van der Waals surface area contributed by atoms with Gasteiger partial charge in [-0.25, -0.2) is 4.39 Å². The van der Waals surface area contributed by atoms with E-state index in [-0.39, 0.29) is 23.2 Å². The van der Waals surface area contributed by atoms with Crippen LogP contribution in [0.1, 0.15) is 49.1 Å². The monoisotopic (exact) mass is 421 g/mol. The third-order valence-electron chi connectivity index (χ3n) is 7.73. The van der Waals surface area contributed by atoms with E-state index in [0.717, 1.165) is 51.1 Å². The Balaban J connectivity index is 1.45. The predicted octanol–water partition coefficient (Wildman–Crippen LogP) is 4.41. The highest BCUT2D eigenvalue weighted by atomic mass is 19.1. The first-order chi connectivity index (χ1) is 15.1. The first kappa shape index (κ1) is 20.5. The Bertz CT molecular complexity index is 940.